The molecule has 0 N–H and O–H groups in total. The summed E-state index contributed by atoms with van der Waals surface area (Å²) in [6.45, 7) is 8.71. The van der Waals surface area contributed by atoms with E-state index in [-0.39, 0.29) is 4.90 Å². The fraction of sp³-hybridized carbons (Fsp3) is 0. The average molecular weight is 513 g/mol. The van der Waals surface area contributed by atoms with Crippen LogP contribution in [-0.4, -0.2) is 17.4 Å². The van der Waals surface area contributed by atoms with Gasteiger partial charge < -0.3 is 0 Å². The number of hydrogen-bond acceptors (Lipinski definition) is 3. The highest BCUT2D eigenvalue weighted by atomic mass is 32.2. The van der Waals surface area contributed by atoms with E-state index >= 15 is 0 Å². The van der Waals surface area contributed by atoms with Crippen LogP contribution in [0.4, 0.5) is 0 Å². The van der Waals surface area contributed by atoms with Gasteiger partial charge in [-0.05, 0) is 63.7 Å². The van der Waals surface area contributed by atoms with Crippen molar-refractivity contribution in [2.75, 3.05) is 0 Å². The predicted octanol–water partition coefficient (Wildman–Crippen LogP) is 7.55. The summed E-state index contributed by atoms with van der Waals surface area (Å²) in [5, 5.41) is 1.51. The molecule has 2 heterocycles. The lowest BCUT2D eigenvalue weighted by molar-refractivity contribution is 0.590. The van der Waals surface area contributed by atoms with Gasteiger partial charge in [0.1, 0.15) is 0 Å². The smallest absolute Gasteiger partial charge is 0.237 e. The summed E-state index contributed by atoms with van der Waals surface area (Å²) < 4.78 is 29.3. The minimum Gasteiger partial charge on any atom is -0.237 e. The lowest BCUT2D eigenvalue weighted by Gasteiger charge is -2.10. The van der Waals surface area contributed by atoms with E-state index in [1.54, 1.807) is 36.5 Å². The molecule has 0 bridgehead atoms. The molecule has 0 saturated heterocycles. The van der Waals surface area contributed by atoms with Crippen LogP contribution in [0.2, 0.25) is 0 Å². The first-order valence-corrected chi connectivity index (χ1v) is 13.6. The Morgan fingerprint density at radius 3 is 1.87 bits per heavy atom. The summed E-state index contributed by atoms with van der Waals surface area (Å²) in [5.41, 5.74) is 6.25. The molecule has 0 amide bonds. The van der Waals surface area contributed by atoms with Gasteiger partial charge in [0.2, 0.25) is 0 Å². The summed E-state index contributed by atoms with van der Waals surface area (Å²) in [5.74, 6) is 0. The van der Waals surface area contributed by atoms with Crippen molar-refractivity contribution in [1.29, 1.82) is 0 Å². The first-order chi connectivity index (χ1) is 18.5. The zero-order valence-electron chi connectivity index (χ0n) is 20.6. The van der Waals surface area contributed by atoms with Crippen LogP contribution < -0.4 is 0 Å². The minimum atomic E-state index is -3.94. The number of pyridine rings is 1. The SMILES string of the molecule is C=C(c1ccccc1)c1ccc2c(c1)c1c(C(=C)c3ccccc3)ccnc1n2S(=O)(=O)c1ccccc1. The Kier molecular flexibility index (Phi) is 5.78. The Morgan fingerprint density at radius 1 is 0.658 bits per heavy atom. The highest BCUT2D eigenvalue weighted by Gasteiger charge is 2.26. The zero-order valence-corrected chi connectivity index (χ0v) is 21.4. The molecule has 0 atom stereocenters. The molecule has 6 aromatic rings. The van der Waals surface area contributed by atoms with Crippen LogP contribution in [0.15, 0.2) is 140 Å². The van der Waals surface area contributed by atoms with Gasteiger partial charge in [-0.3, -0.25) is 0 Å². The summed E-state index contributed by atoms with van der Waals surface area (Å²) in [4.78, 5) is 4.80. The van der Waals surface area contributed by atoms with E-state index in [4.69, 9.17) is 0 Å². The minimum absolute atomic E-state index is 0.200. The second kappa shape index (κ2) is 9.29. The molecule has 5 heteroatoms. The molecule has 0 unspecified atom stereocenters. The van der Waals surface area contributed by atoms with Gasteiger partial charge in [-0.15, -0.1) is 0 Å². The Morgan fingerprint density at radius 2 is 1.24 bits per heavy atom. The molecule has 38 heavy (non-hydrogen) atoms. The van der Waals surface area contributed by atoms with Crippen molar-refractivity contribution < 1.29 is 8.42 Å². The molecule has 0 aliphatic carbocycles. The van der Waals surface area contributed by atoms with E-state index in [9.17, 15) is 8.42 Å². The molecule has 4 nitrogen and oxygen atoms in total. The van der Waals surface area contributed by atoms with E-state index in [0.29, 0.717) is 11.2 Å². The standard InChI is InChI=1S/C33H24N2O2S/c1-23(25-12-6-3-7-13-25)27-18-19-31-30(22-27)32-29(24(2)26-14-8-4-9-15-26)20-21-34-33(32)35(31)38(36,37)28-16-10-5-11-17-28/h3-22H,1-2H2. The Bertz CT molecular complexity index is 1940. The maximum Gasteiger partial charge on any atom is 0.269 e. The van der Waals surface area contributed by atoms with Crippen LogP contribution in [0.1, 0.15) is 22.3 Å². The van der Waals surface area contributed by atoms with Crippen molar-refractivity contribution >= 4 is 43.1 Å². The van der Waals surface area contributed by atoms with E-state index in [1.165, 1.54) is 3.97 Å². The third-order valence-corrected chi connectivity index (χ3v) is 8.53. The molecule has 0 aliphatic rings. The highest BCUT2D eigenvalue weighted by molar-refractivity contribution is 7.90. The predicted molar refractivity (Wildman–Crippen MR) is 155 cm³/mol. The molecular weight excluding hydrogens is 488 g/mol. The molecule has 4 aromatic carbocycles. The number of benzene rings is 4. The number of fused-ring (bicyclic) bond motifs is 3. The molecule has 184 valence electrons. The fourth-order valence-electron chi connectivity index (χ4n) is 4.88. The first-order valence-electron chi connectivity index (χ1n) is 12.2. The quantitative estimate of drug-likeness (QED) is 0.232. The molecule has 0 aliphatic heterocycles. The topological polar surface area (TPSA) is 52.0 Å². The molecule has 2 aromatic heterocycles. The van der Waals surface area contributed by atoms with Gasteiger partial charge in [0.25, 0.3) is 10.0 Å². The van der Waals surface area contributed by atoms with Crippen molar-refractivity contribution in [2.45, 2.75) is 4.90 Å². The van der Waals surface area contributed by atoms with Gasteiger partial charge >= 0.3 is 0 Å². The molecule has 0 fully saturated rings. The maximum atomic E-state index is 14.0. The Hall–Kier alpha value is -4.74. The van der Waals surface area contributed by atoms with Gasteiger partial charge in [0.15, 0.2) is 5.65 Å². The van der Waals surface area contributed by atoms with Crippen LogP contribution >= 0.6 is 0 Å². The molecule has 0 saturated carbocycles. The van der Waals surface area contributed by atoms with Gasteiger partial charge in [0, 0.05) is 17.0 Å². The van der Waals surface area contributed by atoms with Gasteiger partial charge in [-0.1, -0.05) is 98.1 Å². The third-order valence-electron chi connectivity index (χ3n) is 6.81. The van der Waals surface area contributed by atoms with Gasteiger partial charge in [0.05, 0.1) is 10.4 Å². The van der Waals surface area contributed by atoms with E-state index in [2.05, 4.69) is 18.1 Å². The highest BCUT2D eigenvalue weighted by Crippen LogP contribution is 2.38. The summed E-state index contributed by atoms with van der Waals surface area (Å²) in [6.07, 6.45) is 1.64. The monoisotopic (exact) mass is 512 g/mol. The molecule has 0 spiro atoms. The van der Waals surface area contributed by atoms with Crippen molar-refractivity contribution in [3.63, 3.8) is 0 Å². The molecular formula is C33H24N2O2S. The summed E-state index contributed by atoms with van der Waals surface area (Å²) in [6, 6.07) is 35.9. The molecule has 0 radical (unpaired) electrons. The van der Waals surface area contributed by atoms with Crippen LogP contribution in [0.5, 0.6) is 0 Å². The third kappa shape index (κ3) is 3.85. The van der Waals surface area contributed by atoms with Gasteiger partial charge in [-0.25, -0.2) is 17.4 Å². The normalized spacial score (nSPS) is 11.6. The fourth-order valence-corrected chi connectivity index (χ4v) is 6.38. The van der Waals surface area contributed by atoms with E-state index in [0.717, 1.165) is 44.2 Å². The Labute approximate surface area is 221 Å². The van der Waals surface area contributed by atoms with E-state index in [1.807, 2.05) is 84.9 Å². The van der Waals surface area contributed by atoms with Crippen molar-refractivity contribution in [2.24, 2.45) is 0 Å². The van der Waals surface area contributed by atoms with Crippen molar-refractivity contribution in [3.8, 4) is 0 Å². The summed E-state index contributed by atoms with van der Waals surface area (Å²) in [7, 11) is -3.94. The first kappa shape index (κ1) is 23.6. The van der Waals surface area contributed by atoms with Crippen LogP contribution in [-0.2, 0) is 10.0 Å². The average Bonchev–Trinajstić information content (AvgIpc) is 3.32. The number of hydrogen-bond donors (Lipinski definition) is 0. The van der Waals surface area contributed by atoms with Crippen molar-refractivity contribution in [1.82, 2.24) is 8.96 Å². The second-order valence-electron chi connectivity index (χ2n) is 9.06. The lowest BCUT2D eigenvalue weighted by atomic mass is 9.94. The molecule has 6 rings (SSSR count). The maximum absolute atomic E-state index is 14.0. The van der Waals surface area contributed by atoms with E-state index < -0.39 is 10.0 Å². The lowest BCUT2D eigenvalue weighted by Crippen LogP contribution is -2.13. The summed E-state index contributed by atoms with van der Waals surface area (Å²) >= 11 is 0. The van der Waals surface area contributed by atoms with Crippen LogP contribution in [0.25, 0.3) is 33.1 Å². The Balaban J connectivity index is 1.68. The van der Waals surface area contributed by atoms with Gasteiger partial charge in [-0.2, -0.15) is 0 Å². The van der Waals surface area contributed by atoms with Crippen LogP contribution in [0.3, 0.4) is 0 Å². The van der Waals surface area contributed by atoms with Crippen molar-refractivity contribution in [3.05, 3.63) is 157 Å². The zero-order chi connectivity index (χ0) is 26.3. The largest absolute Gasteiger partial charge is 0.269 e. The number of rotatable bonds is 6. The second-order valence-corrected chi connectivity index (χ2v) is 10.8. The van der Waals surface area contributed by atoms with Crippen LogP contribution in [0, 0.1) is 0 Å². The number of nitrogens with zero attached hydrogens (tertiary/aromatic N) is 2. The number of aromatic nitrogens is 2.